The van der Waals surface area contributed by atoms with Crippen LogP contribution in [-0.4, -0.2) is 42.0 Å². The molecule has 0 aliphatic carbocycles. The van der Waals surface area contributed by atoms with Gasteiger partial charge in [0, 0.05) is 45.2 Å². The number of hydrogen-bond donors (Lipinski definition) is 2. The number of carbonyl (C=O) groups is 1. The molecule has 32 heavy (non-hydrogen) atoms. The Balaban J connectivity index is 1.56. The summed E-state index contributed by atoms with van der Waals surface area (Å²) in [6, 6.07) is 16.9. The Labute approximate surface area is 189 Å². The molecule has 8 nitrogen and oxygen atoms in total. The van der Waals surface area contributed by atoms with Crippen LogP contribution < -0.4 is 20.3 Å². The van der Waals surface area contributed by atoms with E-state index >= 15 is 0 Å². The van der Waals surface area contributed by atoms with E-state index in [0.717, 1.165) is 16.4 Å². The molecule has 0 saturated carbocycles. The average Bonchev–Trinajstić information content (AvgIpc) is 3.24. The Kier molecular flexibility index (Phi) is 6.27. The van der Waals surface area contributed by atoms with Gasteiger partial charge in [0.15, 0.2) is 5.13 Å². The van der Waals surface area contributed by atoms with E-state index in [1.165, 1.54) is 17.5 Å². The number of rotatable bonds is 7. The quantitative estimate of drug-likeness (QED) is 0.430. The van der Waals surface area contributed by atoms with Gasteiger partial charge in [0.1, 0.15) is 23.1 Å². The zero-order valence-corrected chi connectivity index (χ0v) is 18.7. The molecule has 4 aromatic rings. The number of ether oxygens (including phenoxy) is 1. The Morgan fingerprint density at radius 2 is 1.84 bits per heavy atom. The topological polar surface area (TPSA) is 92.3 Å². The molecule has 0 unspecified atom stereocenters. The summed E-state index contributed by atoms with van der Waals surface area (Å²) < 4.78 is 6.21. The molecule has 162 valence electrons. The lowest BCUT2D eigenvalue weighted by atomic mass is 10.2. The van der Waals surface area contributed by atoms with E-state index in [2.05, 4.69) is 20.6 Å². The van der Waals surface area contributed by atoms with Crippen LogP contribution >= 0.6 is 11.3 Å². The van der Waals surface area contributed by atoms with Crippen molar-refractivity contribution in [3.8, 4) is 22.1 Å². The van der Waals surface area contributed by atoms with Gasteiger partial charge in [-0.05, 0) is 18.2 Å². The van der Waals surface area contributed by atoms with E-state index in [-0.39, 0.29) is 5.91 Å². The fourth-order valence-corrected chi connectivity index (χ4v) is 3.75. The minimum atomic E-state index is -0.187. The van der Waals surface area contributed by atoms with Gasteiger partial charge in [-0.15, -0.1) is 0 Å². The maximum atomic E-state index is 11.7. The molecule has 0 saturated heterocycles. The molecule has 0 fully saturated rings. The van der Waals surface area contributed by atoms with E-state index < -0.39 is 0 Å². The van der Waals surface area contributed by atoms with Crippen molar-refractivity contribution in [2.75, 3.05) is 31.4 Å². The molecule has 0 aliphatic heterocycles. The first-order chi connectivity index (χ1) is 15.5. The molecular weight excluding hydrogens is 424 g/mol. The van der Waals surface area contributed by atoms with Crippen molar-refractivity contribution in [1.29, 1.82) is 0 Å². The van der Waals surface area contributed by atoms with E-state index in [4.69, 9.17) is 9.72 Å². The first-order valence-corrected chi connectivity index (χ1v) is 10.7. The highest BCUT2D eigenvalue weighted by molar-refractivity contribution is 7.17. The third-order valence-electron chi connectivity index (χ3n) is 4.47. The summed E-state index contributed by atoms with van der Waals surface area (Å²) in [7, 11) is 5.49. The van der Waals surface area contributed by atoms with Crippen molar-refractivity contribution >= 4 is 34.0 Å². The third-order valence-corrected chi connectivity index (χ3v) is 5.57. The third kappa shape index (κ3) is 4.84. The van der Waals surface area contributed by atoms with Crippen molar-refractivity contribution in [2.24, 2.45) is 0 Å². The lowest BCUT2D eigenvalue weighted by Gasteiger charge is -2.09. The van der Waals surface area contributed by atoms with E-state index in [9.17, 15) is 4.79 Å². The maximum Gasteiger partial charge on any atom is 0.252 e. The molecule has 3 aromatic heterocycles. The molecule has 9 heteroatoms. The number of nitrogens with zero attached hydrogens (tertiary/aromatic N) is 4. The molecule has 0 bridgehead atoms. The molecule has 3 heterocycles. The number of benzene rings is 1. The highest BCUT2D eigenvalue weighted by Crippen LogP contribution is 2.41. The van der Waals surface area contributed by atoms with Gasteiger partial charge in [-0.1, -0.05) is 41.7 Å². The molecule has 0 radical (unpaired) electrons. The van der Waals surface area contributed by atoms with Crippen LogP contribution in [0.5, 0.6) is 10.8 Å². The number of pyridine rings is 2. The van der Waals surface area contributed by atoms with Gasteiger partial charge < -0.3 is 20.3 Å². The zero-order chi connectivity index (χ0) is 22.5. The summed E-state index contributed by atoms with van der Waals surface area (Å²) in [6.45, 7) is 0. The summed E-state index contributed by atoms with van der Waals surface area (Å²) in [5.41, 5.74) is 2.26. The first-order valence-electron chi connectivity index (χ1n) is 9.86. The second-order valence-corrected chi connectivity index (χ2v) is 7.95. The van der Waals surface area contributed by atoms with E-state index in [1.54, 1.807) is 37.5 Å². The lowest BCUT2D eigenvalue weighted by Crippen LogP contribution is -2.17. The predicted molar refractivity (Wildman–Crippen MR) is 127 cm³/mol. The van der Waals surface area contributed by atoms with Crippen LogP contribution in [0.2, 0.25) is 0 Å². The largest absolute Gasteiger partial charge is 0.444 e. The minimum absolute atomic E-state index is 0.187. The highest BCUT2D eigenvalue weighted by Gasteiger charge is 2.17. The summed E-state index contributed by atoms with van der Waals surface area (Å²) in [5, 5.41) is 7.25. The Morgan fingerprint density at radius 1 is 1.03 bits per heavy atom. The number of carbonyl (C=O) groups excluding carboxylic acids is 1. The number of aromatic nitrogens is 3. The highest BCUT2D eigenvalue weighted by atomic mass is 32.1. The van der Waals surface area contributed by atoms with Gasteiger partial charge in [0.2, 0.25) is 5.06 Å². The number of nitrogens with one attached hydrogen (secondary N) is 2. The Morgan fingerprint density at radius 3 is 2.53 bits per heavy atom. The van der Waals surface area contributed by atoms with Crippen LogP contribution in [0.1, 0.15) is 10.4 Å². The van der Waals surface area contributed by atoms with Crippen LogP contribution in [0, 0.1) is 0 Å². The van der Waals surface area contributed by atoms with Crippen molar-refractivity contribution in [3.63, 3.8) is 0 Å². The van der Waals surface area contributed by atoms with Crippen molar-refractivity contribution in [3.05, 3.63) is 72.6 Å². The van der Waals surface area contributed by atoms with Crippen molar-refractivity contribution in [2.45, 2.75) is 0 Å². The van der Waals surface area contributed by atoms with Gasteiger partial charge in [0.25, 0.3) is 5.91 Å². The number of amides is 1. The Hall–Kier alpha value is -3.98. The summed E-state index contributed by atoms with van der Waals surface area (Å²) in [4.78, 5) is 27.0. The molecule has 0 spiro atoms. The van der Waals surface area contributed by atoms with Gasteiger partial charge in [-0.2, -0.15) is 0 Å². The molecule has 0 aliphatic rings. The molecule has 1 amide bonds. The summed E-state index contributed by atoms with van der Waals surface area (Å²) >= 11 is 1.48. The summed E-state index contributed by atoms with van der Waals surface area (Å²) in [6.07, 6.45) is 3.17. The number of hydrogen-bond acceptors (Lipinski definition) is 8. The van der Waals surface area contributed by atoms with Gasteiger partial charge in [-0.25, -0.2) is 15.0 Å². The average molecular weight is 447 g/mol. The molecular formula is C23H22N6O2S. The molecule has 2 N–H and O–H groups in total. The zero-order valence-electron chi connectivity index (χ0n) is 17.9. The van der Waals surface area contributed by atoms with Crippen LogP contribution in [0.25, 0.3) is 11.3 Å². The number of thiazole rings is 1. The predicted octanol–water partition coefficient (Wildman–Crippen LogP) is 4.56. The normalized spacial score (nSPS) is 10.5. The second-order valence-electron chi connectivity index (χ2n) is 7.01. The standard InChI is InChI=1S/C23H22N6O2S/c1-24-21(30)16-9-10-18(26-14-16)27-19-13-17(11-12-25-19)31-22-20(15-7-5-4-6-8-15)28-23(32-22)29(2)3/h4-14H,1-3H3,(H,24,30)(H,25,26,27). The fourth-order valence-electron chi connectivity index (χ4n) is 2.86. The minimum Gasteiger partial charge on any atom is -0.444 e. The SMILES string of the molecule is CNC(=O)c1ccc(Nc2cc(Oc3sc(N(C)C)nc3-c3ccccc3)ccn2)nc1. The number of anilines is 3. The second kappa shape index (κ2) is 9.44. The molecule has 4 rings (SSSR count). The summed E-state index contributed by atoms with van der Waals surface area (Å²) in [5.74, 6) is 1.57. The van der Waals surface area contributed by atoms with Crippen LogP contribution in [0.3, 0.4) is 0 Å². The molecule has 0 atom stereocenters. The van der Waals surface area contributed by atoms with Gasteiger partial charge in [-0.3, -0.25) is 4.79 Å². The fraction of sp³-hybridized carbons (Fsp3) is 0.130. The lowest BCUT2D eigenvalue weighted by molar-refractivity contribution is 0.0963. The smallest absolute Gasteiger partial charge is 0.252 e. The van der Waals surface area contributed by atoms with Gasteiger partial charge >= 0.3 is 0 Å². The van der Waals surface area contributed by atoms with Crippen molar-refractivity contribution < 1.29 is 9.53 Å². The monoisotopic (exact) mass is 446 g/mol. The molecule has 1 aromatic carbocycles. The van der Waals surface area contributed by atoms with Gasteiger partial charge in [0.05, 0.1) is 5.56 Å². The van der Waals surface area contributed by atoms with Crippen LogP contribution in [0.4, 0.5) is 16.8 Å². The first kappa shape index (κ1) is 21.3. The van der Waals surface area contributed by atoms with Crippen LogP contribution in [-0.2, 0) is 0 Å². The van der Waals surface area contributed by atoms with Crippen LogP contribution in [0.15, 0.2) is 67.0 Å². The van der Waals surface area contributed by atoms with Crippen molar-refractivity contribution in [1.82, 2.24) is 20.3 Å². The van der Waals surface area contributed by atoms with E-state index in [1.807, 2.05) is 49.3 Å². The Bertz CT molecular complexity index is 1210. The van der Waals surface area contributed by atoms with E-state index in [0.29, 0.717) is 28.0 Å². The maximum absolute atomic E-state index is 11.7.